The Morgan fingerprint density at radius 1 is 1.17 bits per heavy atom. The molecule has 0 unspecified atom stereocenters. The zero-order valence-electron chi connectivity index (χ0n) is 17.8. The normalized spacial score (nSPS) is 12.4. The maximum atomic E-state index is 13.5. The number of aromatic nitrogens is 2. The van der Waals surface area contributed by atoms with Gasteiger partial charge >= 0.3 is 0 Å². The number of nitrogens with zero attached hydrogens (tertiary/aromatic N) is 3. The van der Waals surface area contributed by atoms with E-state index in [1.807, 2.05) is 52.0 Å². The fourth-order valence-electron chi connectivity index (χ4n) is 2.93. The number of carbonyl (C=O) groups excluding carboxylic acids is 2. The topological polar surface area (TPSA) is 88.3 Å². The minimum atomic E-state index is -0.999. The number of benzene rings is 1. The van der Waals surface area contributed by atoms with E-state index >= 15 is 0 Å². The highest BCUT2D eigenvalue weighted by Crippen LogP contribution is 2.31. The first-order valence-electron chi connectivity index (χ1n) is 9.77. The Bertz CT molecular complexity index is 1010. The number of amides is 2. The van der Waals surface area contributed by atoms with E-state index in [0.717, 1.165) is 23.5 Å². The van der Waals surface area contributed by atoms with Crippen molar-refractivity contribution < 1.29 is 14.0 Å². The molecule has 2 aromatic heterocycles. The second-order valence-electron chi connectivity index (χ2n) is 7.88. The zero-order valence-corrected chi connectivity index (χ0v) is 18.6. The standard InChI is InChI=1S/C22H26N4O3S/c1-6-22(4,5)23-20(27)19(18-12-9-15(3)29-18)26(16-10-7-14(2)8-11-16)21(28)17-13-30-25-24-17/h7-13,19H,6H2,1-5H3,(H,23,27)/t19-/m0/s1. The lowest BCUT2D eigenvalue weighted by atomic mass is 10.0. The summed E-state index contributed by atoms with van der Waals surface area (Å²) >= 11 is 1.08. The predicted octanol–water partition coefficient (Wildman–Crippen LogP) is 4.44. The van der Waals surface area contributed by atoms with Gasteiger partial charge in [-0.2, -0.15) is 0 Å². The Morgan fingerprint density at radius 3 is 2.40 bits per heavy atom. The molecule has 2 amide bonds. The minimum absolute atomic E-state index is 0.177. The first-order valence-corrected chi connectivity index (χ1v) is 10.6. The highest BCUT2D eigenvalue weighted by Gasteiger charge is 2.38. The Labute approximate surface area is 180 Å². The van der Waals surface area contributed by atoms with Gasteiger partial charge in [0.25, 0.3) is 11.8 Å². The smallest absolute Gasteiger partial charge is 0.280 e. The summed E-state index contributed by atoms with van der Waals surface area (Å²) in [5, 5.41) is 8.55. The molecule has 0 aliphatic carbocycles. The third-order valence-electron chi connectivity index (χ3n) is 4.99. The van der Waals surface area contributed by atoms with E-state index in [2.05, 4.69) is 14.9 Å². The summed E-state index contributed by atoms with van der Waals surface area (Å²) in [6.07, 6.45) is 0.733. The van der Waals surface area contributed by atoms with Crippen molar-refractivity contribution in [3.8, 4) is 0 Å². The minimum Gasteiger partial charge on any atom is -0.464 e. The first kappa shape index (κ1) is 21.7. The highest BCUT2D eigenvalue weighted by molar-refractivity contribution is 7.03. The van der Waals surface area contributed by atoms with E-state index in [1.165, 1.54) is 4.90 Å². The molecular formula is C22H26N4O3S. The van der Waals surface area contributed by atoms with Gasteiger partial charge in [-0.05, 0) is 69.9 Å². The molecule has 1 atom stereocenters. The average Bonchev–Trinajstić information content (AvgIpc) is 3.38. The van der Waals surface area contributed by atoms with Crippen LogP contribution in [0.25, 0.3) is 0 Å². The maximum absolute atomic E-state index is 13.5. The van der Waals surface area contributed by atoms with Gasteiger partial charge in [0.15, 0.2) is 11.7 Å². The fourth-order valence-corrected chi connectivity index (χ4v) is 3.36. The van der Waals surface area contributed by atoms with Gasteiger partial charge in [0.1, 0.15) is 11.5 Å². The molecule has 7 nitrogen and oxygen atoms in total. The number of furan rings is 1. The number of nitrogens with one attached hydrogen (secondary N) is 1. The molecule has 1 aromatic carbocycles. The molecule has 0 radical (unpaired) electrons. The lowest BCUT2D eigenvalue weighted by molar-refractivity contribution is -0.124. The van der Waals surface area contributed by atoms with Gasteiger partial charge in [-0.3, -0.25) is 14.5 Å². The van der Waals surface area contributed by atoms with Crippen molar-refractivity contribution in [3.05, 3.63) is 64.6 Å². The molecule has 0 spiro atoms. The van der Waals surface area contributed by atoms with Crippen LogP contribution in [0.1, 0.15) is 60.8 Å². The van der Waals surface area contributed by atoms with E-state index in [9.17, 15) is 9.59 Å². The second kappa shape index (κ2) is 8.79. The predicted molar refractivity (Wildman–Crippen MR) is 117 cm³/mol. The van der Waals surface area contributed by atoms with Crippen molar-refractivity contribution in [3.63, 3.8) is 0 Å². The third kappa shape index (κ3) is 4.76. The Balaban J connectivity index is 2.13. The van der Waals surface area contributed by atoms with Crippen LogP contribution in [-0.4, -0.2) is 26.9 Å². The van der Waals surface area contributed by atoms with Crippen LogP contribution < -0.4 is 10.2 Å². The van der Waals surface area contributed by atoms with Crippen LogP contribution in [0, 0.1) is 13.8 Å². The Hall–Kier alpha value is -3.00. The summed E-state index contributed by atoms with van der Waals surface area (Å²) in [5.74, 6) is 0.294. The van der Waals surface area contributed by atoms with Crippen molar-refractivity contribution in [2.24, 2.45) is 0 Å². The quantitative estimate of drug-likeness (QED) is 0.603. The van der Waals surface area contributed by atoms with Crippen LogP contribution in [0.5, 0.6) is 0 Å². The van der Waals surface area contributed by atoms with Gasteiger partial charge in [-0.1, -0.05) is 29.1 Å². The number of hydrogen-bond acceptors (Lipinski definition) is 6. The summed E-state index contributed by atoms with van der Waals surface area (Å²) in [7, 11) is 0. The monoisotopic (exact) mass is 426 g/mol. The van der Waals surface area contributed by atoms with Gasteiger partial charge in [0.05, 0.1) is 0 Å². The molecule has 0 saturated carbocycles. The van der Waals surface area contributed by atoms with Crippen LogP contribution in [0.3, 0.4) is 0 Å². The summed E-state index contributed by atoms with van der Waals surface area (Å²) in [6, 6.07) is 9.93. The molecule has 0 fully saturated rings. The lowest BCUT2D eigenvalue weighted by Crippen LogP contribution is -2.50. The van der Waals surface area contributed by atoms with Crippen molar-refractivity contribution >= 4 is 29.0 Å². The molecule has 1 N–H and O–H groups in total. The number of anilines is 1. The molecule has 3 rings (SSSR count). The zero-order chi connectivity index (χ0) is 21.9. The van der Waals surface area contributed by atoms with E-state index < -0.39 is 17.5 Å². The third-order valence-corrected chi connectivity index (χ3v) is 5.50. The van der Waals surface area contributed by atoms with E-state index in [4.69, 9.17) is 4.42 Å². The number of rotatable bonds is 7. The first-order chi connectivity index (χ1) is 14.2. The average molecular weight is 427 g/mol. The maximum Gasteiger partial charge on any atom is 0.280 e. The van der Waals surface area contributed by atoms with Gasteiger partial charge in [-0.25, -0.2) is 0 Å². The fraction of sp³-hybridized carbons (Fsp3) is 0.364. The van der Waals surface area contributed by atoms with E-state index in [0.29, 0.717) is 17.2 Å². The number of hydrogen-bond donors (Lipinski definition) is 1. The summed E-state index contributed by atoms with van der Waals surface area (Å²) in [4.78, 5) is 28.4. The molecule has 3 aromatic rings. The number of aryl methyl sites for hydroxylation is 2. The van der Waals surface area contributed by atoms with E-state index in [-0.39, 0.29) is 11.6 Å². The molecule has 0 bridgehead atoms. The largest absolute Gasteiger partial charge is 0.464 e. The lowest BCUT2D eigenvalue weighted by Gasteiger charge is -2.33. The van der Waals surface area contributed by atoms with Gasteiger partial charge in [0.2, 0.25) is 0 Å². The molecule has 8 heteroatoms. The molecule has 0 aliphatic rings. The van der Waals surface area contributed by atoms with Gasteiger partial charge in [-0.15, -0.1) is 5.10 Å². The molecule has 2 heterocycles. The summed E-state index contributed by atoms with van der Waals surface area (Å²) in [5.41, 5.74) is 1.35. The Kier molecular flexibility index (Phi) is 6.36. The van der Waals surface area contributed by atoms with Crippen molar-refractivity contribution in [1.82, 2.24) is 14.9 Å². The van der Waals surface area contributed by atoms with Gasteiger partial charge in [0, 0.05) is 16.6 Å². The van der Waals surface area contributed by atoms with Crippen LogP contribution in [-0.2, 0) is 4.79 Å². The highest BCUT2D eigenvalue weighted by atomic mass is 32.1. The van der Waals surface area contributed by atoms with Crippen LogP contribution in [0.4, 0.5) is 5.69 Å². The molecule has 30 heavy (non-hydrogen) atoms. The second-order valence-corrected chi connectivity index (χ2v) is 8.49. The summed E-state index contributed by atoms with van der Waals surface area (Å²) in [6.45, 7) is 9.65. The Morgan fingerprint density at radius 2 is 1.87 bits per heavy atom. The van der Waals surface area contributed by atoms with Crippen molar-refractivity contribution in [2.45, 2.75) is 52.6 Å². The molecule has 0 saturated heterocycles. The van der Waals surface area contributed by atoms with E-state index in [1.54, 1.807) is 24.4 Å². The van der Waals surface area contributed by atoms with Crippen LogP contribution in [0.2, 0.25) is 0 Å². The van der Waals surface area contributed by atoms with Crippen LogP contribution in [0.15, 0.2) is 46.2 Å². The van der Waals surface area contributed by atoms with Gasteiger partial charge < -0.3 is 9.73 Å². The van der Waals surface area contributed by atoms with Crippen LogP contribution >= 0.6 is 11.5 Å². The molecule has 0 aliphatic heterocycles. The molecule has 158 valence electrons. The van der Waals surface area contributed by atoms with Crippen molar-refractivity contribution in [1.29, 1.82) is 0 Å². The molecular weight excluding hydrogens is 400 g/mol. The van der Waals surface area contributed by atoms with Crippen molar-refractivity contribution in [2.75, 3.05) is 4.90 Å². The SMILES string of the molecule is CCC(C)(C)NC(=O)[C@H](c1ccc(C)o1)N(C(=O)c1csnn1)c1ccc(C)cc1. The number of carbonyl (C=O) groups is 2. The summed E-state index contributed by atoms with van der Waals surface area (Å²) < 4.78 is 9.63.